The maximum absolute atomic E-state index is 12.7. The number of amides is 1. The molecule has 1 amide bonds. The summed E-state index contributed by atoms with van der Waals surface area (Å²) in [5, 5.41) is 3.94. The lowest BCUT2D eigenvalue weighted by Crippen LogP contribution is -2.23. The summed E-state index contributed by atoms with van der Waals surface area (Å²) in [5.74, 6) is 0.0130. The Hall–Kier alpha value is -2.13. The topological polar surface area (TPSA) is 64.0 Å². The standard InChI is InChI=1S/C19H16IN3O2S/c1-2-11-23-18(25)13-7-3-5-9-15(13)22-19(23)26-12-17(24)21-16-10-6-4-8-14(16)20/h2-10H,1,11-12H2,(H,21,24). The van der Waals surface area contributed by atoms with Gasteiger partial charge in [-0.1, -0.05) is 42.1 Å². The Balaban J connectivity index is 1.82. The van der Waals surface area contributed by atoms with Crippen LogP contribution in [-0.4, -0.2) is 21.2 Å². The molecule has 0 saturated heterocycles. The summed E-state index contributed by atoms with van der Waals surface area (Å²) in [5.41, 5.74) is 1.27. The average molecular weight is 477 g/mol. The molecular weight excluding hydrogens is 461 g/mol. The Morgan fingerprint density at radius 2 is 1.96 bits per heavy atom. The molecule has 0 unspecified atom stereocenters. The molecule has 1 aromatic heterocycles. The predicted octanol–water partition coefficient (Wildman–Crippen LogP) is 3.92. The van der Waals surface area contributed by atoms with E-state index in [0.29, 0.717) is 22.6 Å². The smallest absolute Gasteiger partial charge is 0.262 e. The molecule has 0 bridgehead atoms. The van der Waals surface area contributed by atoms with Gasteiger partial charge in [-0.05, 0) is 46.9 Å². The Bertz CT molecular complexity index is 1030. The van der Waals surface area contributed by atoms with E-state index in [1.807, 2.05) is 36.4 Å². The molecule has 0 fully saturated rings. The molecule has 0 aliphatic rings. The zero-order valence-electron chi connectivity index (χ0n) is 13.8. The number of nitrogens with one attached hydrogen (secondary N) is 1. The van der Waals surface area contributed by atoms with E-state index in [1.54, 1.807) is 22.8 Å². The van der Waals surface area contributed by atoms with Crippen molar-refractivity contribution in [2.75, 3.05) is 11.1 Å². The van der Waals surface area contributed by atoms with Gasteiger partial charge in [-0.15, -0.1) is 6.58 Å². The number of benzene rings is 2. The number of hydrogen-bond acceptors (Lipinski definition) is 4. The first-order chi connectivity index (χ1) is 12.6. The fourth-order valence-corrected chi connectivity index (χ4v) is 3.76. The van der Waals surface area contributed by atoms with Crippen molar-refractivity contribution in [3.05, 3.63) is 75.1 Å². The molecule has 1 N–H and O–H groups in total. The molecule has 0 aliphatic carbocycles. The van der Waals surface area contributed by atoms with Gasteiger partial charge in [0.05, 0.1) is 22.3 Å². The Morgan fingerprint density at radius 1 is 1.23 bits per heavy atom. The van der Waals surface area contributed by atoms with Crippen LogP contribution in [0.2, 0.25) is 0 Å². The van der Waals surface area contributed by atoms with Crippen LogP contribution in [-0.2, 0) is 11.3 Å². The van der Waals surface area contributed by atoms with Gasteiger partial charge in [0, 0.05) is 10.1 Å². The van der Waals surface area contributed by atoms with Crippen molar-refractivity contribution in [1.29, 1.82) is 0 Å². The van der Waals surface area contributed by atoms with Crippen LogP contribution in [0.5, 0.6) is 0 Å². The minimum atomic E-state index is -0.147. The van der Waals surface area contributed by atoms with Crippen LogP contribution in [0.25, 0.3) is 10.9 Å². The zero-order chi connectivity index (χ0) is 18.5. The number of allylic oxidation sites excluding steroid dienone is 1. The molecule has 0 radical (unpaired) electrons. The molecule has 3 rings (SSSR count). The number of anilines is 1. The second kappa shape index (κ2) is 8.50. The minimum Gasteiger partial charge on any atom is -0.324 e. The molecule has 0 atom stereocenters. The van der Waals surface area contributed by atoms with E-state index >= 15 is 0 Å². The molecule has 0 aliphatic heterocycles. The normalized spacial score (nSPS) is 10.7. The lowest BCUT2D eigenvalue weighted by Gasteiger charge is -2.11. The van der Waals surface area contributed by atoms with E-state index in [0.717, 1.165) is 9.26 Å². The number of rotatable bonds is 6. The molecule has 26 heavy (non-hydrogen) atoms. The number of halogens is 1. The van der Waals surface area contributed by atoms with Crippen molar-refractivity contribution in [3.63, 3.8) is 0 Å². The summed E-state index contributed by atoms with van der Waals surface area (Å²) in [6, 6.07) is 14.8. The van der Waals surface area contributed by atoms with Crippen LogP contribution in [0.1, 0.15) is 0 Å². The largest absolute Gasteiger partial charge is 0.324 e. The van der Waals surface area contributed by atoms with Gasteiger partial charge in [0.2, 0.25) is 5.91 Å². The Kier molecular flexibility index (Phi) is 6.10. The summed E-state index contributed by atoms with van der Waals surface area (Å²) < 4.78 is 2.51. The summed E-state index contributed by atoms with van der Waals surface area (Å²) in [6.07, 6.45) is 1.65. The lowest BCUT2D eigenvalue weighted by molar-refractivity contribution is -0.113. The highest BCUT2D eigenvalue weighted by Gasteiger charge is 2.13. The third-order valence-corrected chi connectivity index (χ3v) is 5.54. The molecular formula is C19H16IN3O2S. The highest BCUT2D eigenvalue weighted by Crippen LogP contribution is 2.20. The average Bonchev–Trinajstić information content (AvgIpc) is 2.64. The molecule has 132 valence electrons. The zero-order valence-corrected chi connectivity index (χ0v) is 16.8. The van der Waals surface area contributed by atoms with Crippen LogP contribution in [0.4, 0.5) is 5.69 Å². The van der Waals surface area contributed by atoms with Gasteiger partial charge >= 0.3 is 0 Å². The summed E-state index contributed by atoms with van der Waals surface area (Å²) in [4.78, 5) is 29.5. The van der Waals surface area contributed by atoms with E-state index in [4.69, 9.17) is 0 Å². The minimum absolute atomic E-state index is 0.129. The van der Waals surface area contributed by atoms with Gasteiger partial charge in [-0.25, -0.2) is 4.98 Å². The number of nitrogens with zero attached hydrogens (tertiary/aromatic N) is 2. The number of aromatic nitrogens is 2. The molecule has 3 aromatic rings. The van der Waals surface area contributed by atoms with E-state index in [2.05, 4.69) is 39.5 Å². The van der Waals surface area contributed by atoms with Crippen molar-refractivity contribution in [1.82, 2.24) is 9.55 Å². The SMILES string of the molecule is C=CCn1c(SCC(=O)Nc2ccccc2I)nc2ccccc2c1=O. The van der Waals surface area contributed by atoms with Gasteiger partial charge < -0.3 is 5.32 Å². The summed E-state index contributed by atoms with van der Waals surface area (Å²) in [6.45, 7) is 4.05. The lowest BCUT2D eigenvalue weighted by atomic mass is 10.2. The predicted molar refractivity (Wildman–Crippen MR) is 115 cm³/mol. The van der Waals surface area contributed by atoms with Crippen LogP contribution in [0.15, 0.2) is 71.1 Å². The van der Waals surface area contributed by atoms with Gasteiger partial charge in [-0.3, -0.25) is 14.2 Å². The van der Waals surface area contributed by atoms with Crippen LogP contribution in [0.3, 0.4) is 0 Å². The van der Waals surface area contributed by atoms with Gasteiger partial charge in [0.15, 0.2) is 5.16 Å². The molecule has 0 saturated carbocycles. The van der Waals surface area contributed by atoms with Gasteiger partial charge in [0.1, 0.15) is 0 Å². The second-order valence-corrected chi connectivity index (χ2v) is 7.54. The van der Waals surface area contributed by atoms with E-state index in [-0.39, 0.29) is 17.2 Å². The van der Waals surface area contributed by atoms with Gasteiger partial charge in [-0.2, -0.15) is 0 Å². The maximum Gasteiger partial charge on any atom is 0.262 e. The third kappa shape index (κ3) is 4.16. The highest BCUT2D eigenvalue weighted by atomic mass is 127. The number of para-hydroxylation sites is 2. The molecule has 7 heteroatoms. The monoisotopic (exact) mass is 477 g/mol. The Morgan fingerprint density at radius 3 is 2.73 bits per heavy atom. The molecule has 5 nitrogen and oxygen atoms in total. The first-order valence-electron chi connectivity index (χ1n) is 7.88. The van der Waals surface area contributed by atoms with Crippen molar-refractivity contribution < 1.29 is 4.79 Å². The molecule has 2 aromatic carbocycles. The summed E-state index contributed by atoms with van der Waals surface area (Å²) >= 11 is 3.41. The fraction of sp³-hybridized carbons (Fsp3) is 0.105. The van der Waals surface area contributed by atoms with E-state index in [1.165, 1.54) is 11.8 Å². The fourth-order valence-electron chi connectivity index (χ4n) is 2.43. The third-order valence-electron chi connectivity index (χ3n) is 3.62. The van der Waals surface area contributed by atoms with Crippen molar-refractivity contribution >= 4 is 56.9 Å². The number of fused-ring (bicyclic) bond motifs is 1. The van der Waals surface area contributed by atoms with E-state index in [9.17, 15) is 9.59 Å². The van der Waals surface area contributed by atoms with Gasteiger partial charge in [0.25, 0.3) is 5.56 Å². The number of carbonyl (C=O) groups is 1. The number of carbonyl (C=O) groups excluding carboxylic acids is 1. The summed E-state index contributed by atoms with van der Waals surface area (Å²) in [7, 11) is 0. The Labute approximate surface area is 168 Å². The first kappa shape index (κ1) is 18.7. The quantitative estimate of drug-likeness (QED) is 0.253. The number of thioether (sulfide) groups is 1. The van der Waals surface area contributed by atoms with Crippen LogP contribution in [0, 0.1) is 3.57 Å². The van der Waals surface area contributed by atoms with Crippen LogP contribution >= 0.6 is 34.4 Å². The molecule has 0 spiro atoms. The van der Waals surface area contributed by atoms with E-state index < -0.39 is 0 Å². The molecule has 1 heterocycles. The number of hydrogen-bond donors (Lipinski definition) is 1. The van der Waals surface area contributed by atoms with Crippen molar-refractivity contribution in [2.24, 2.45) is 0 Å². The maximum atomic E-state index is 12.7. The first-order valence-corrected chi connectivity index (χ1v) is 9.94. The van der Waals surface area contributed by atoms with Crippen molar-refractivity contribution in [3.8, 4) is 0 Å². The highest BCUT2D eigenvalue weighted by molar-refractivity contribution is 14.1. The second-order valence-electron chi connectivity index (χ2n) is 5.43. The van der Waals surface area contributed by atoms with Crippen LogP contribution < -0.4 is 10.9 Å². The van der Waals surface area contributed by atoms with Crippen molar-refractivity contribution in [2.45, 2.75) is 11.7 Å².